The lowest BCUT2D eigenvalue weighted by Crippen LogP contribution is -2.36. The van der Waals surface area contributed by atoms with E-state index in [0.29, 0.717) is 18.7 Å². The number of aryl methyl sites for hydroxylation is 2. The Balaban J connectivity index is 1.79. The topological polar surface area (TPSA) is 81.2 Å². The standard InChI is InChI=1S/C20H26N4O2/c1-12-13(2)22-18-14(10-21)6-7-16(17(12)18)23-15-8-9-24(11-15)19(25)26-20(3,4)5/h6-7,15,22-23H,8-9,11H2,1-5H3/t15-/m1/s1. The van der Waals surface area contributed by atoms with E-state index in [9.17, 15) is 10.1 Å². The number of aromatic nitrogens is 1. The van der Waals surface area contributed by atoms with Crippen LogP contribution in [-0.2, 0) is 4.74 Å². The fourth-order valence-corrected chi connectivity index (χ4v) is 3.39. The molecule has 1 aliphatic rings. The predicted octanol–water partition coefficient (Wildman–Crippen LogP) is 4.08. The number of ether oxygens (including phenoxy) is 1. The molecule has 1 aromatic carbocycles. The lowest BCUT2D eigenvalue weighted by atomic mass is 10.1. The summed E-state index contributed by atoms with van der Waals surface area (Å²) >= 11 is 0. The van der Waals surface area contributed by atoms with Crippen LogP contribution in [0.25, 0.3) is 10.9 Å². The Labute approximate surface area is 154 Å². The van der Waals surface area contributed by atoms with Crippen LogP contribution in [0.2, 0.25) is 0 Å². The summed E-state index contributed by atoms with van der Waals surface area (Å²) in [4.78, 5) is 17.3. The van der Waals surface area contributed by atoms with E-state index in [4.69, 9.17) is 4.74 Å². The van der Waals surface area contributed by atoms with Gasteiger partial charge in [-0.2, -0.15) is 5.26 Å². The maximum Gasteiger partial charge on any atom is 0.410 e. The van der Waals surface area contributed by atoms with E-state index in [2.05, 4.69) is 23.3 Å². The number of anilines is 1. The minimum absolute atomic E-state index is 0.160. The van der Waals surface area contributed by atoms with Crippen molar-refractivity contribution in [3.63, 3.8) is 0 Å². The van der Waals surface area contributed by atoms with Crippen molar-refractivity contribution in [2.45, 2.75) is 52.7 Å². The van der Waals surface area contributed by atoms with Gasteiger partial charge in [0.2, 0.25) is 0 Å². The van der Waals surface area contributed by atoms with E-state index in [-0.39, 0.29) is 12.1 Å². The number of likely N-dealkylation sites (tertiary alicyclic amines) is 1. The average molecular weight is 354 g/mol. The van der Waals surface area contributed by atoms with E-state index in [1.54, 1.807) is 4.90 Å². The maximum absolute atomic E-state index is 12.2. The Bertz CT molecular complexity index is 886. The number of nitriles is 1. The number of aromatic amines is 1. The summed E-state index contributed by atoms with van der Waals surface area (Å²) in [6.07, 6.45) is 0.601. The smallest absolute Gasteiger partial charge is 0.410 e. The van der Waals surface area contributed by atoms with Crippen molar-refractivity contribution in [1.82, 2.24) is 9.88 Å². The van der Waals surface area contributed by atoms with Crippen molar-refractivity contribution < 1.29 is 9.53 Å². The van der Waals surface area contributed by atoms with Gasteiger partial charge in [-0.15, -0.1) is 0 Å². The Morgan fingerprint density at radius 2 is 2.12 bits per heavy atom. The van der Waals surface area contributed by atoms with E-state index in [1.165, 1.54) is 0 Å². The molecule has 1 fully saturated rings. The van der Waals surface area contributed by atoms with Crippen LogP contribution in [0.3, 0.4) is 0 Å². The summed E-state index contributed by atoms with van der Waals surface area (Å²) < 4.78 is 5.46. The number of hydrogen-bond acceptors (Lipinski definition) is 4. The number of carbonyl (C=O) groups excluding carboxylic acids is 1. The predicted molar refractivity (Wildman–Crippen MR) is 102 cm³/mol. The highest BCUT2D eigenvalue weighted by Crippen LogP contribution is 2.32. The molecule has 1 atom stereocenters. The molecule has 0 radical (unpaired) electrons. The van der Waals surface area contributed by atoms with Gasteiger partial charge in [-0.1, -0.05) is 0 Å². The maximum atomic E-state index is 12.2. The highest BCUT2D eigenvalue weighted by molar-refractivity contribution is 5.99. The number of carbonyl (C=O) groups is 1. The van der Waals surface area contributed by atoms with Gasteiger partial charge in [0.1, 0.15) is 11.7 Å². The van der Waals surface area contributed by atoms with Crippen molar-refractivity contribution in [2.24, 2.45) is 0 Å². The van der Waals surface area contributed by atoms with Gasteiger partial charge >= 0.3 is 6.09 Å². The summed E-state index contributed by atoms with van der Waals surface area (Å²) in [5.74, 6) is 0. The number of nitrogens with one attached hydrogen (secondary N) is 2. The van der Waals surface area contributed by atoms with Gasteiger partial charge in [0.05, 0.1) is 11.1 Å². The third-order valence-corrected chi connectivity index (χ3v) is 4.78. The van der Waals surface area contributed by atoms with Gasteiger partial charge in [0.25, 0.3) is 0 Å². The third-order valence-electron chi connectivity index (χ3n) is 4.78. The van der Waals surface area contributed by atoms with Crippen molar-refractivity contribution in [3.05, 3.63) is 29.0 Å². The van der Waals surface area contributed by atoms with Crippen LogP contribution in [0, 0.1) is 25.2 Å². The zero-order chi connectivity index (χ0) is 19.1. The molecule has 1 amide bonds. The number of fused-ring (bicyclic) bond motifs is 1. The zero-order valence-corrected chi connectivity index (χ0v) is 16.1. The van der Waals surface area contributed by atoms with Crippen LogP contribution in [0.4, 0.5) is 10.5 Å². The molecule has 0 unspecified atom stereocenters. The summed E-state index contributed by atoms with van der Waals surface area (Å²) in [6.45, 7) is 11.0. The largest absolute Gasteiger partial charge is 0.444 e. The second-order valence-electron chi connectivity index (χ2n) is 7.95. The highest BCUT2D eigenvalue weighted by atomic mass is 16.6. The molecule has 138 valence electrons. The van der Waals surface area contributed by atoms with Gasteiger partial charge in [0.15, 0.2) is 0 Å². The molecular formula is C20H26N4O2. The number of H-pyrrole nitrogens is 1. The fraction of sp³-hybridized carbons (Fsp3) is 0.500. The normalized spacial score (nSPS) is 17.4. The highest BCUT2D eigenvalue weighted by Gasteiger charge is 2.30. The first-order valence-corrected chi connectivity index (χ1v) is 8.96. The van der Waals surface area contributed by atoms with Crippen LogP contribution in [0.5, 0.6) is 0 Å². The van der Waals surface area contributed by atoms with Crippen LogP contribution in [-0.4, -0.2) is 40.7 Å². The number of nitrogens with zero attached hydrogens (tertiary/aromatic N) is 2. The molecule has 6 nitrogen and oxygen atoms in total. The average Bonchev–Trinajstić information content (AvgIpc) is 3.12. The number of benzene rings is 1. The minimum atomic E-state index is -0.484. The van der Waals surface area contributed by atoms with E-state index in [0.717, 1.165) is 34.3 Å². The minimum Gasteiger partial charge on any atom is -0.444 e. The number of rotatable bonds is 2. The molecule has 0 bridgehead atoms. The summed E-state index contributed by atoms with van der Waals surface area (Å²) in [5, 5.41) is 14.0. The Morgan fingerprint density at radius 1 is 1.38 bits per heavy atom. The quantitative estimate of drug-likeness (QED) is 0.851. The third kappa shape index (κ3) is 3.48. The molecule has 2 heterocycles. The van der Waals surface area contributed by atoms with Crippen LogP contribution < -0.4 is 5.32 Å². The first-order valence-electron chi connectivity index (χ1n) is 8.96. The molecule has 0 spiro atoms. The van der Waals surface area contributed by atoms with Crippen molar-refractivity contribution in [1.29, 1.82) is 5.26 Å². The molecule has 0 aliphatic carbocycles. The van der Waals surface area contributed by atoms with E-state index in [1.807, 2.05) is 39.8 Å². The summed E-state index contributed by atoms with van der Waals surface area (Å²) in [6, 6.07) is 6.20. The second-order valence-corrected chi connectivity index (χ2v) is 7.95. The molecule has 26 heavy (non-hydrogen) atoms. The van der Waals surface area contributed by atoms with Crippen LogP contribution >= 0.6 is 0 Å². The number of amides is 1. The van der Waals surface area contributed by atoms with Crippen LogP contribution in [0.1, 0.15) is 44.0 Å². The van der Waals surface area contributed by atoms with Crippen LogP contribution in [0.15, 0.2) is 12.1 Å². The molecule has 3 rings (SSSR count). The lowest BCUT2D eigenvalue weighted by molar-refractivity contribution is 0.0293. The monoisotopic (exact) mass is 354 g/mol. The first kappa shape index (κ1) is 18.1. The molecule has 1 aromatic heterocycles. The van der Waals surface area contributed by atoms with Gasteiger partial charge in [-0.25, -0.2) is 4.79 Å². The van der Waals surface area contributed by atoms with E-state index >= 15 is 0 Å². The van der Waals surface area contributed by atoms with E-state index < -0.39 is 5.60 Å². The van der Waals surface area contributed by atoms with Crippen molar-refractivity contribution >= 4 is 22.7 Å². The lowest BCUT2D eigenvalue weighted by Gasteiger charge is -2.24. The van der Waals surface area contributed by atoms with Gasteiger partial charge < -0.3 is 19.9 Å². The molecule has 2 N–H and O–H groups in total. The Morgan fingerprint density at radius 3 is 2.77 bits per heavy atom. The van der Waals surface area contributed by atoms with Gasteiger partial charge in [-0.05, 0) is 58.7 Å². The van der Waals surface area contributed by atoms with Crippen molar-refractivity contribution in [3.8, 4) is 6.07 Å². The second kappa shape index (κ2) is 6.56. The zero-order valence-electron chi connectivity index (χ0n) is 16.1. The first-order chi connectivity index (χ1) is 12.2. The molecule has 1 aliphatic heterocycles. The Kier molecular flexibility index (Phi) is 4.57. The van der Waals surface area contributed by atoms with Crippen molar-refractivity contribution in [2.75, 3.05) is 18.4 Å². The molecule has 1 saturated heterocycles. The molecular weight excluding hydrogens is 328 g/mol. The SMILES string of the molecule is Cc1[nH]c2c(C#N)ccc(N[C@@H]3CCN(C(=O)OC(C)(C)C)C3)c2c1C. The Hall–Kier alpha value is -2.68. The van der Waals surface area contributed by atoms with Gasteiger partial charge in [-0.3, -0.25) is 0 Å². The summed E-state index contributed by atoms with van der Waals surface area (Å²) in [5.41, 5.74) is 4.23. The number of hydrogen-bond donors (Lipinski definition) is 2. The molecule has 2 aromatic rings. The fourth-order valence-electron chi connectivity index (χ4n) is 3.39. The van der Waals surface area contributed by atoms with Gasteiger partial charge in [0, 0.05) is 35.9 Å². The summed E-state index contributed by atoms with van der Waals surface area (Å²) in [7, 11) is 0. The molecule has 0 saturated carbocycles. The molecule has 6 heteroatoms.